The average Bonchev–Trinajstić information content (AvgIpc) is 2.00. The molecule has 0 bridgehead atoms. The second kappa shape index (κ2) is 4.37. The van der Waals surface area contributed by atoms with Crippen molar-refractivity contribution < 1.29 is 0 Å². The van der Waals surface area contributed by atoms with E-state index in [1.54, 1.807) is 0 Å². The fourth-order valence-corrected chi connectivity index (χ4v) is 0.909. The number of hydrogen-bond acceptors (Lipinski definition) is 0. The summed E-state index contributed by atoms with van der Waals surface area (Å²) in [7, 11) is 0. The van der Waals surface area contributed by atoms with Gasteiger partial charge in [0.2, 0.25) is 0 Å². The van der Waals surface area contributed by atoms with E-state index in [9.17, 15) is 0 Å². The van der Waals surface area contributed by atoms with E-state index < -0.39 is 0 Å². The predicted molar refractivity (Wildman–Crippen MR) is 41.0 cm³/mol. The van der Waals surface area contributed by atoms with Crippen LogP contribution in [0.25, 0.3) is 0 Å². The zero-order valence-electron chi connectivity index (χ0n) is 5.72. The van der Waals surface area contributed by atoms with Gasteiger partial charge in [-0.1, -0.05) is 24.3 Å². The lowest BCUT2D eigenvalue weighted by Crippen LogP contribution is -1.67. The number of rotatable bonds is 0. The Kier molecular flexibility index (Phi) is 3.20. The smallest absolute Gasteiger partial charge is 0.0311 e. The normalized spacial score (nSPS) is 27.6. The molecule has 0 heterocycles. The summed E-state index contributed by atoms with van der Waals surface area (Å²) in [5.74, 6) is 0. The Balaban J connectivity index is 2.28. The molecule has 0 aliphatic heterocycles. The van der Waals surface area contributed by atoms with Crippen molar-refractivity contribution in [3.05, 3.63) is 30.7 Å². The molecule has 0 N–H and O–H groups in total. The van der Waals surface area contributed by atoms with Crippen molar-refractivity contribution in [1.29, 1.82) is 0 Å². The molecule has 1 radical (unpaired) electrons. The minimum absolute atomic E-state index is 1.14. The lowest BCUT2D eigenvalue weighted by atomic mass is 10.2. The Morgan fingerprint density at radius 2 is 1.22 bits per heavy atom. The molecule has 0 fully saturated rings. The van der Waals surface area contributed by atoms with E-state index in [0.717, 1.165) is 12.8 Å². The van der Waals surface area contributed by atoms with Gasteiger partial charge in [-0.15, -0.1) is 0 Å². The van der Waals surface area contributed by atoms with Gasteiger partial charge in [0.1, 0.15) is 0 Å². The largest absolute Gasteiger partial charge is 0.0882 e. The zero-order chi connectivity index (χ0) is 6.36. The lowest BCUT2D eigenvalue weighted by Gasteiger charge is -1.85. The SMILES string of the molecule is [CH]1C/C=C/CC/C=C/C1. The summed E-state index contributed by atoms with van der Waals surface area (Å²) in [5, 5.41) is 0. The van der Waals surface area contributed by atoms with Gasteiger partial charge in [0.15, 0.2) is 0 Å². The Morgan fingerprint density at radius 3 is 1.78 bits per heavy atom. The molecule has 0 saturated carbocycles. The molecule has 0 aromatic carbocycles. The Bertz CT molecular complexity index is 95.2. The summed E-state index contributed by atoms with van der Waals surface area (Å²) in [6.45, 7) is 0. The van der Waals surface area contributed by atoms with Crippen LogP contribution in [0.15, 0.2) is 24.3 Å². The molecule has 0 amide bonds. The van der Waals surface area contributed by atoms with Crippen molar-refractivity contribution in [1.82, 2.24) is 0 Å². The van der Waals surface area contributed by atoms with Crippen molar-refractivity contribution in [2.45, 2.75) is 25.7 Å². The Hall–Kier alpha value is -0.520. The maximum atomic E-state index is 2.29. The molecule has 0 unspecified atom stereocenters. The molecule has 1 aliphatic carbocycles. The summed E-state index contributed by atoms with van der Waals surface area (Å²) >= 11 is 0. The van der Waals surface area contributed by atoms with Crippen molar-refractivity contribution in [2.75, 3.05) is 0 Å². The molecule has 0 aromatic rings. The molecule has 0 nitrogen and oxygen atoms in total. The molecule has 9 heavy (non-hydrogen) atoms. The van der Waals surface area contributed by atoms with Gasteiger partial charge in [0.25, 0.3) is 0 Å². The highest BCUT2D eigenvalue weighted by Gasteiger charge is 1.84. The highest BCUT2D eigenvalue weighted by atomic mass is 13.9. The topological polar surface area (TPSA) is 0 Å². The van der Waals surface area contributed by atoms with Crippen LogP contribution in [0, 0.1) is 6.42 Å². The molecule has 0 saturated heterocycles. The summed E-state index contributed by atoms with van der Waals surface area (Å²) in [4.78, 5) is 0. The van der Waals surface area contributed by atoms with Gasteiger partial charge in [-0.2, -0.15) is 0 Å². The molecular weight excluding hydrogens is 108 g/mol. The van der Waals surface area contributed by atoms with Crippen molar-refractivity contribution >= 4 is 0 Å². The molecule has 49 valence electrons. The zero-order valence-corrected chi connectivity index (χ0v) is 5.72. The molecule has 0 heteroatoms. The minimum Gasteiger partial charge on any atom is -0.0882 e. The van der Waals surface area contributed by atoms with Crippen LogP contribution in [0.4, 0.5) is 0 Å². The van der Waals surface area contributed by atoms with Crippen LogP contribution in [0.2, 0.25) is 0 Å². The summed E-state index contributed by atoms with van der Waals surface area (Å²) in [6.07, 6.45) is 16.0. The van der Waals surface area contributed by atoms with Crippen LogP contribution in [0.3, 0.4) is 0 Å². The fourth-order valence-electron chi connectivity index (χ4n) is 0.909. The third-order valence-electron chi connectivity index (χ3n) is 1.44. The van der Waals surface area contributed by atoms with Gasteiger partial charge in [0.05, 0.1) is 0 Å². The monoisotopic (exact) mass is 121 g/mol. The minimum atomic E-state index is 1.14. The van der Waals surface area contributed by atoms with Gasteiger partial charge >= 0.3 is 0 Å². The second-order valence-electron chi connectivity index (χ2n) is 2.28. The third kappa shape index (κ3) is 3.12. The van der Waals surface area contributed by atoms with Gasteiger partial charge < -0.3 is 0 Å². The molecule has 0 spiro atoms. The Morgan fingerprint density at radius 1 is 0.667 bits per heavy atom. The summed E-state index contributed by atoms with van der Waals surface area (Å²) in [6, 6.07) is 0. The van der Waals surface area contributed by atoms with Crippen molar-refractivity contribution in [3.8, 4) is 0 Å². The maximum Gasteiger partial charge on any atom is -0.0311 e. The molecule has 1 aliphatic rings. The van der Waals surface area contributed by atoms with Crippen molar-refractivity contribution in [3.63, 3.8) is 0 Å². The molecular formula is C9H13. The standard InChI is InChI=1S/C9H13/c1-2-4-6-8-9-7-5-3-1/h1-2,5,8-9H,3-4,6-7H2/b2-1+,9-8+. The van der Waals surface area contributed by atoms with E-state index in [4.69, 9.17) is 0 Å². The van der Waals surface area contributed by atoms with E-state index in [0.29, 0.717) is 0 Å². The van der Waals surface area contributed by atoms with Crippen LogP contribution in [-0.4, -0.2) is 0 Å². The van der Waals surface area contributed by atoms with Crippen LogP contribution >= 0.6 is 0 Å². The van der Waals surface area contributed by atoms with Gasteiger partial charge in [-0.05, 0) is 32.1 Å². The third-order valence-corrected chi connectivity index (χ3v) is 1.44. The van der Waals surface area contributed by atoms with E-state index in [1.165, 1.54) is 12.8 Å². The number of hydrogen-bond donors (Lipinski definition) is 0. The summed E-state index contributed by atoms with van der Waals surface area (Å²) < 4.78 is 0. The lowest BCUT2D eigenvalue weighted by molar-refractivity contribution is 1.05. The number of allylic oxidation sites excluding steroid dienone is 4. The van der Waals surface area contributed by atoms with Gasteiger partial charge in [-0.3, -0.25) is 0 Å². The van der Waals surface area contributed by atoms with E-state index >= 15 is 0 Å². The molecule has 0 aromatic heterocycles. The van der Waals surface area contributed by atoms with Crippen LogP contribution in [0.5, 0.6) is 0 Å². The average molecular weight is 121 g/mol. The van der Waals surface area contributed by atoms with E-state index in [1.807, 2.05) is 0 Å². The van der Waals surface area contributed by atoms with E-state index in [2.05, 4.69) is 30.7 Å². The predicted octanol–water partition coefficient (Wildman–Crippen LogP) is 2.88. The maximum absolute atomic E-state index is 2.29. The summed E-state index contributed by atoms with van der Waals surface area (Å²) in [5.41, 5.74) is 0. The first kappa shape index (κ1) is 6.60. The second-order valence-corrected chi connectivity index (χ2v) is 2.28. The first-order chi connectivity index (χ1) is 4.50. The first-order valence-corrected chi connectivity index (χ1v) is 3.62. The highest BCUT2D eigenvalue weighted by Crippen LogP contribution is 2.03. The fraction of sp³-hybridized carbons (Fsp3) is 0.444. The van der Waals surface area contributed by atoms with Crippen LogP contribution in [-0.2, 0) is 0 Å². The van der Waals surface area contributed by atoms with Crippen molar-refractivity contribution in [2.24, 2.45) is 0 Å². The van der Waals surface area contributed by atoms with Gasteiger partial charge in [0, 0.05) is 0 Å². The Labute approximate surface area is 57.3 Å². The highest BCUT2D eigenvalue weighted by molar-refractivity contribution is 4.96. The molecule has 0 atom stereocenters. The quantitative estimate of drug-likeness (QED) is 0.432. The molecule has 1 rings (SSSR count). The first-order valence-electron chi connectivity index (χ1n) is 3.62. The van der Waals surface area contributed by atoms with E-state index in [-0.39, 0.29) is 0 Å². The van der Waals surface area contributed by atoms with Gasteiger partial charge in [-0.25, -0.2) is 0 Å². The van der Waals surface area contributed by atoms with Crippen LogP contribution < -0.4 is 0 Å². The van der Waals surface area contributed by atoms with Crippen LogP contribution in [0.1, 0.15) is 25.7 Å².